The Labute approximate surface area is 61.2 Å². The van der Waals surface area contributed by atoms with Gasteiger partial charge in [-0.05, 0) is 18.8 Å². The summed E-state index contributed by atoms with van der Waals surface area (Å²) in [5.41, 5.74) is -1.00. The highest BCUT2D eigenvalue weighted by molar-refractivity contribution is 5.62. The smallest absolute Gasteiger partial charge is 0.151 e. The molecule has 2 unspecified atom stereocenters. The van der Waals surface area contributed by atoms with Gasteiger partial charge in [0.1, 0.15) is 5.60 Å². The van der Waals surface area contributed by atoms with Crippen molar-refractivity contribution in [1.82, 2.24) is 0 Å². The number of aldehydes is 1. The van der Waals surface area contributed by atoms with Crippen LogP contribution in [0.25, 0.3) is 0 Å². The molecule has 2 nitrogen and oxygen atoms in total. The highest BCUT2D eigenvalue weighted by atomic mass is 16.3. The van der Waals surface area contributed by atoms with Crippen molar-refractivity contribution in [2.45, 2.75) is 38.2 Å². The normalized spacial score (nSPS) is 41.2. The van der Waals surface area contributed by atoms with Crippen LogP contribution in [0.1, 0.15) is 32.6 Å². The standard InChI is InChI=1S/C8H14O2/c1-7-4-2-3-5-8(7,10)6-9/h6-7,10H,2-5H2,1H3. The Morgan fingerprint density at radius 2 is 2.30 bits per heavy atom. The van der Waals surface area contributed by atoms with E-state index in [4.69, 9.17) is 0 Å². The van der Waals surface area contributed by atoms with E-state index in [9.17, 15) is 9.90 Å². The molecule has 0 aromatic rings. The predicted octanol–water partition coefficient (Wildman–Crippen LogP) is 1.13. The Bertz CT molecular complexity index is 133. The molecule has 2 heteroatoms. The number of carbonyl (C=O) groups excluding carboxylic acids is 1. The lowest BCUT2D eigenvalue weighted by atomic mass is 9.77. The van der Waals surface area contributed by atoms with Crippen LogP contribution in [0.3, 0.4) is 0 Å². The summed E-state index contributed by atoms with van der Waals surface area (Å²) in [6, 6.07) is 0. The number of rotatable bonds is 1. The fourth-order valence-electron chi connectivity index (χ4n) is 1.53. The molecule has 0 aromatic carbocycles. The first kappa shape index (κ1) is 7.73. The van der Waals surface area contributed by atoms with Gasteiger partial charge in [-0.25, -0.2) is 0 Å². The lowest BCUT2D eigenvalue weighted by Crippen LogP contribution is -2.40. The fraction of sp³-hybridized carbons (Fsp3) is 0.875. The molecular weight excluding hydrogens is 128 g/mol. The maximum Gasteiger partial charge on any atom is 0.151 e. The molecule has 0 amide bonds. The van der Waals surface area contributed by atoms with Crippen molar-refractivity contribution >= 4 is 6.29 Å². The molecule has 2 atom stereocenters. The number of hydrogen-bond donors (Lipinski definition) is 1. The first-order chi connectivity index (χ1) is 4.69. The van der Waals surface area contributed by atoms with E-state index in [-0.39, 0.29) is 5.92 Å². The Kier molecular flexibility index (Phi) is 2.09. The highest BCUT2D eigenvalue weighted by Gasteiger charge is 2.35. The predicted molar refractivity (Wildman–Crippen MR) is 38.6 cm³/mol. The van der Waals surface area contributed by atoms with Gasteiger partial charge in [-0.15, -0.1) is 0 Å². The Balaban J connectivity index is 2.62. The molecule has 0 spiro atoms. The van der Waals surface area contributed by atoms with Crippen molar-refractivity contribution in [2.75, 3.05) is 0 Å². The molecule has 58 valence electrons. The first-order valence-electron chi connectivity index (χ1n) is 3.88. The van der Waals surface area contributed by atoms with Gasteiger partial charge in [0.15, 0.2) is 6.29 Å². The molecule has 1 saturated carbocycles. The van der Waals surface area contributed by atoms with E-state index in [1.165, 1.54) is 0 Å². The molecule has 0 aliphatic heterocycles. The number of carbonyl (C=O) groups is 1. The first-order valence-corrected chi connectivity index (χ1v) is 3.88. The van der Waals surface area contributed by atoms with Gasteiger partial charge in [0.05, 0.1) is 0 Å². The second-order valence-corrected chi connectivity index (χ2v) is 3.26. The van der Waals surface area contributed by atoms with Crippen LogP contribution in [-0.2, 0) is 4.79 Å². The van der Waals surface area contributed by atoms with Gasteiger partial charge in [0, 0.05) is 0 Å². The van der Waals surface area contributed by atoms with Gasteiger partial charge in [0.25, 0.3) is 0 Å². The molecule has 1 rings (SSSR count). The molecule has 0 saturated heterocycles. The molecule has 0 aromatic heterocycles. The van der Waals surface area contributed by atoms with Gasteiger partial charge >= 0.3 is 0 Å². The maximum atomic E-state index is 10.4. The number of hydrogen-bond acceptors (Lipinski definition) is 2. The van der Waals surface area contributed by atoms with E-state index in [1.54, 1.807) is 0 Å². The highest BCUT2D eigenvalue weighted by Crippen LogP contribution is 2.31. The van der Waals surface area contributed by atoms with Crippen LogP contribution in [0.4, 0.5) is 0 Å². The van der Waals surface area contributed by atoms with Gasteiger partial charge in [-0.2, -0.15) is 0 Å². The molecule has 0 radical (unpaired) electrons. The lowest BCUT2D eigenvalue weighted by molar-refractivity contribution is -0.132. The zero-order valence-corrected chi connectivity index (χ0v) is 6.34. The van der Waals surface area contributed by atoms with Crippen molar-refractivity contribution in [3.63, 3.8) is 0 Å². The van der Waals surface area contributed by atoms with E-state index in [2.05, 4.69) is 0 Å². The Hall–Kier alpha value is -0.370. The second-order valence-electron chi connectivity index (χ2n) is 3.26. The van der Waals surface area contributed by atoms with Crippen LogP contribution >= 0.6 is 0 Å². The minimum Gasteiger partial charge on any atom is -0.382 e. The Morgan fingerprint density at radius 3 is 2.70 bits per heavy atom. The van der Waals surface area contributed by atoms with Crippen LogP contribution in [0.5, 0.6) is 0 Å². The van der Waals surface area contributed by atoms with Gasteiger partial charge in [-0.3, -0.25) is 0 Å². The summed E-state index contributed by atoms with van der Waals surface area (Å²) in [6.45, 7) is 1.94. The van der Waals surface area contributed by atoms with E-state index in [0.29, 0.717) is 12.7 Å². The fourth-order valence-corrected chi connectivity index (χ4v) is 1.53. The minimum absolute atomic E-state index is 0.152. The second kappa shape index (κ2) is 2.70. The molecule has 10 heavy (non-hydrogen) atoms. The van der Waals surface area contributed by atoms with Gasteiger partial charge in [0.2, 0.25) is 0 Å². The van der Waals surface area contributed by atoms with Crippen LogP contribution in [0, 0.1) is 5.92 Å². The molecule has 1 aliphatic rings. The lowest BCUT2D eigenvalue weighted by Gasteiger charge is -2.32. The Morgan fingerprint density at radius 1 is 1.60 bits per heavy atom. The van der Waals surface area contributed by atoms with E-state index in [1.807, 2.05) is 6.92 Å². The zero-order chi connectivity index (χ0) is 7.61. The third-order valence-electron chi connectivity index (χ3n) is 2.52. The van der Waals surface area contributed by atoms with Crippen LogP contribution in [0.2, 0.25) is 0 Å². The van der Waals surface area contributed by atoms with Crippen LogP contribution < -0.4 is 0 Å². The summed E-state index contributed by atoms with van der Waals surface area (Å²) in [5, 5.41) is 9.58. The number of aliphatic hydroxyl groups is 1. The molecule has 1 N–H and O–H groups in total. The van der Waals surface area contributed by atoms with E-state index >= 15 is 0 Å². The van der Waals surface area contributed by atoms with Crippen LogP contribution in [0.15, 0.2) is 0 Å². The zero-order valence-electron chi connectivity index (χ0n) is 6.34. The minimum atomic E-state index is -1.00. The van der Waals surface area contributed by atoms with E-state index < -0.39 is 5.60 Å². The molecule has 1 aliphatic carbocycles. The van der Waals surface area contributed by atoms with Crippen LogP contribution in [-0.4, -0.2) is 17.0 Å². The largest absolute Gasteiger partial charge is 0.382 e. The summed E-state index contributed by atoms with van der Waals surface area (Å²) in [5.74, 6) is 0.152. The monoisotopic (exact) mass is 142 g/mol. The third-order valence-corrected chi connectivity index (χ3v) is 2.52. The maximum absolute atomic E-state index is 10.4. The van der Waals surface area contributed by atoms with E-state index in [0.717, 1.165) is 19.3 Å². The average molecular weight is 142 g/mol. The third kappa shape index (κ3) is 1.21. The molecule has 0 heterocycles. The average Bonchev–Trinajstić information content (AvgIpc) is 1.96. The molecule has 1 fully saturated rings. The summed E-state index contributed by atoms with van der Waals surface area (Å²) in [6.07, 6.45) is 4.47. The van der Waals surface area contributed by atoms with Crippen molar-refractivity contribution in [2.24, 2.45) is 5.92 Å². The summed E-state index contributed by atoms with van der Waals surface area (Å²) in [7, 11) is 0. The van der Waals surface area contributed by atoms with Crippen molar-refractivity contribution in [3.05, 3.63) is 0 Å². The van der Waals surface area contributed by atoms with Crippen molar-refractivity contribution in [1.29, 1.82) is 0 Å². The quantitative estimate of drug-likeness (QED) is 0.557. The summed E-state index contributed by atoms with van der Waals surface area (Å²) in [4.78, 5) is 10.4. The topological polar surface area (TPSA) is 37.3 Å². The van der Waals surface area contributed by atoms with Crippen molar-refractivity contribution < 1.29 is 9.90 Å². The summed E-state index contributed by atoms with van der Waals surface area (Å²) >= 11 is 0. The van der Waals surface area contributed by atoms with Gasteiger partial charge in [-0.1, -0.05) is 19.8 Å². The van der Waals surface area contributed by atoms with Gasteiger partial charge < -0.3 is 9.90 Å². The molecular formula is C8H14O2. The summed E-state index contributed by atoms with van der Waals surface area (Å²) < 4.78 is 0. The van der Waals surface area contributed by atoms with Crippen molar-refractivity contribution in [3.8, 4) is 0 Å². The SMILES string of the molecule is CC1CCCCC1(O)C=O. The molecule has 0 bridgehead atoms.